The van der Waals surface area contributed by atoms with Gasteiger partial charge in [-0.2, -0.15) is 0 Å². The van der Waals surface area contributed by atoms with Crippen LogP contribution in [0.5, 0.6) is 5.75 Å². The van der Waals surface area contributed by atoms with Crippen LogP contribution in [0.1, 0.15) is 40.4 Å². The van der Waals surface area contributed by atoms with E-state index in [1.54, 1.807) is 4.90 Å². The first-order valence-corrected chi connectivity index (χ1v) is 7.75. The van der Waals surface area contributed by atoms with Crippen LogP contribution >= 0.6 is 0 Å². The number of aromatic nitrogens is 1. The number of amides is 1. The minimum Gasteiger partial charge on any atom is -0.504 e. The van der Waals surface area contributed by atoms with Crippen LogP contribution < -0.4 is 0 Å². The zero-order valence-corrected chi connectivity index (χ0v) is 13.0. The molecule has 1 fully saturated rings. The number of phenolic OH excluding ortho intramolecular Hbond substituents is 1. The van der Waals surface area contributed by atoms with Gasteiger partial charge in [-0.15, -0.1) is 0 Å². The average Bonchev–Trinajstić information content (AvgIpc) is 2.58. The molecule has 1 saturated heterocycles. The van der Waals surface area contributed by atoms with E-state index < -0.39 is 11.6 Å². The van der Waals surface area contributed by atoms with Crippen molar-refractivity contribution in [3.05, 3.63) is 59.2 Å². The number of aromatic hydroxyl groups is 1. The number of benzene rings is 1. The largest absolute Gasteiger partial charge is 0.504 e. The number of nitrogens with zero attached hydrogens (tertiary/aromatic N) is 2. The number of halogens is 1. The van der Waals surface area contributed by atoms with Gasteiger partial charge in [-0.25, -0.2) is 4.39 Å². The second-order valence-corrected chi connectivity index (χ2v) is 5.94. The molecule has 1 aliphatic rings. The smallest absolute Gasteiger partial charge is 0.257 e. The van der Waals surface area contributed by atoms with Crippen molar-refractivity contribution in [1.82, 2.24) is 9.88 Å². The van der Waals surface area contributed by atoms with E-state index in [2.05, 4.69) is 11.1 Å². The van der Waals surface area contributed by atoms with Crippen molar-refractivity contribution in [3.8, 4) is 5.75 Å². The van der Waals surface area contributed by atoms with Crippen molar-refractivity contribution in [2.75, 3.05) is 13.1 Å². The molecule has 1 aromatic heterocycles. The summed E-state index contributed by atoms with van der Waals surface area (Å²) in [5, 5.41) is 9.72. The first-order chi connectivity index (χ1) is 11.1. The molecule has 1 amide bonds. The molecule has 5 heteroatoms. The summed E-state index contributed by atoms with van der Waals surface area (Å²) in [4.78, 5) is 18.4. The maximum atomic E-state index is 13.4. The highest BCUT2D eigenvalue weighted by molar-refractivity contribution is 5.96. The molecule has 0 unspecified atom stereocenters. The number of likely N-dealkylation sites (tertiary alicyclic amines) is 1. The Kier molecular flexibility index (Phi) is 4.28. The minimum absolute atomic E-state index is 0.0282. The fourth-order valence-electron chi connectivity index (χ4n) is 2.99. The lowest BCUT2D eigenvalue weighted by Gasteiger charge is -2.32. The van der Waals surface area contributed by atoms with E-state index in [9.17, 15) is 14.3 Å². The highest BCUT2D eigenvalue weighted by atomic mass is 19.1. The highest BCUT2D eigenvalue weighted by Crippen LogP contribution is 2.29. The average molecular weight is 314 g/mol. The topological polar surface area (TPSA) is 53.4 Å². The zero-order valence-electron chi connectivity index (χ0n) is 13.0. The maximum Gasteiger partial charge on any atom is 0.257 e. The van der Waals surface area contributed by atoms with Gasteiger partial charge in [-0.3, -0.25) is 9.78 Å². The molecular formula is C18H19FN2O2. The van der Waals surface area contributed by atoms with E-state index >= 15 is 0 Å². The summed E-state index contributed by atoms with van der Waals surface area (Å²) < 4.78 is 13.4. The van der Waals surface area contributed by atoms with Gasteiger partial charge in [0, 0.05) is 25.0 Å². The zero-order chi connectivity index (χ0) is 16.4. The van der Waals surface area contributed by atoms with Crippen LogP contribution in [0.4, 0.5) is 4.39 Å². The monoisotopic (exact) mass is 314 g/mol. The molecule has 1 N–H and O–H groups in total. The molecule has 0 saturated carbocycles. The standard InChI is InChI=1S/C18H19FN2O2/c1-12-5-6-14(11-20-12)13-7-9-21(10-8-13)18(23)15-3-2-4-16(19)17(15)22/h2-6,11,13,22H,7-10H2,1H3. The predicted octanol–water partition coefficient (Wildman–Crippen LogP) is 3.25. The highest BCUT2D eigenvalue weighted by Gasteiger charge is 2.26. The fourth-order valence-corrected chi connectivity index (χ4v) is 2.99. The van der Waals surface area contributed by atoms with Crippen LogP contribution in [0.25, 0.3) is 0 Å². The van der Waals surface area contributed by atoms with Gasteiger partial charge >= 0.3 is 0 Å². The molecule has 1 aliphatic heterocycles. The molecule has 2 heterocycles. The summed E-state index contributed by atoms with van der Waals surface area (Å²) in [7, 11) is 0. The number of aryl methyl sites for hydroxylation is 1. The summed E-state index contributed by atoms with van der Waals surface area (Å²) >= 11 is 0. The quantitative estimate of drug-likeness (QED) is 0.926. The Hall–Kier alpha value is -2.43. The number of hydrogen-bond donors (Lipinski definition) is 1. The summed E-state index contributed by atoms with van der Waals surface area (Å²) in [6, 6.07) is 8.12. The van der Waals surface area contributed by atoms with Gasteiger partial charge in [0.2, 0.25) is 0 Å². The van der Waals surface area contributed by atoms with Crippen molar-refractivity contribution < 1.29 is 14.3 Å². The van der Waals surface area contributed by atoms with E-state index in [1.165, 1.54) is 17.7 Å². The Morgan fingerprint density at radius 1 is 1.26 bits per heavy atom. The van der Waals surface area contributed by atoms with E-state index in [1.807, 2.05) is 19.2 Å². The molecule has 0 bridgehead atoms. The van der Waals surface area contributed by atoms with Gasteiger partial charge in [0.15, 0.2) is 11.6 Å². The molecule has 0 spiro atoms. The van der Waals surface area contributed by atoms with Gasteiger partial charge in [-0.1, -0.05) is 12.1 Å². The number of phenols is 1. The van der Waals surface area contributed by atoms with Crippen molar-refractivity contribution in [2.45, 2.75) is 25.7 Å². The Morgan fingerprint density at radius 2 is 2.00 bits per heavy atom. The van der Waals surface area contributed by atoms with Crippen LogP contribution in [0.15, 0.2) is 36.5 Å². The van der Waals surface area contributed by atoms with E-state index in [0.717, 1.165) is 24.6 Å². The summed E-state index contributed by atoms with van der Waals surface area (Å²) in [5.74, 6) is -1.27. The summed E-state index contributed by atoms with van der Waals surface area (Å²) in [6.45, 7) is 3.14. The Balaban J connectivity index is 1.68. The maximum absolute atomic E-state index is 13.4. The Labute approximate surface area is 134 Å². The molecule has 0 radical (unpaired) electrons. The molecule has 0 aliphatic carbocycles. The van der Waals surface area contributed by atoms with Gasteiger partial charge in [0.1, 0.15) is 0 Å². The van der Waals surface area contributed by atoms with Crippen LogP contribution in [-0.4, -0.2) is 34.0 Å². The SMILES string of the molecule is Cc1ccc(C2CCN(C(=O)c3cccc(F)c3O)CC2)cn1. The lowest BCUT2D eigenvalue weighted by atomic mass is 9.90. The van der Waals surface area contributed by atoms with E-state index in [-0.39, 0.29) is 11.5 Å². The summed E-state index contributed by atoms with van der Waals surface area (Å²) in [6.07, 6.45) is 3.58. The van der Waals surface area contributed by atoms with Crippen LogP contribution in [-0.2, 0) is 0 Å². The molecule has 23 heavy (non-hydrogen) atoms. The summed E-state index contributed by atoms with van der Waals surface area (Å²) in [5.41, 5.74) is 2.21. The lowest BCUT2D eigenvalue weighted by molar-refractivity contribution is 0.0709. The first kappa shape index (κ1) is 15.5. The molecule has 2 aromatic rings. The van der Waals surface area contributed by atoms with E-state index in [0.29, 0.717) is 19.0 Å². The minimum atomic E-state index is -0.767. The number of carbonyl (C=O) groups excluding carboxylic acids is 1. The molecule has 3 rings (SSSR count). The van der Waals surface area contributed by atoms with Crippen LogP contribution in [0, 0.1) is 12.7 Å². The first-order valence-electron chi connectivity index (χ1n) is 7.75. The number of piperidine rings is 1. The van der Waals surface area contributed by atoms with Crippen molar-refractivity contribution in [1.29, 1.82) is 0 Å². The van der Waals surface area contributed by atoms with Crippen LogP contribution in [0.3, 0.4) is 0 Å². The van der Waals surface area contributed by atoms with Gasteiger partial charge < -0.3 is 10.0 Å². The molecule has 0 atom stereocenters. The second-order valence-electron chi connectivity index (χ2n) is 5.94. The molecule has 4 nitrogen and oxygen atoms in total. The third-order valence-corrected chi connectivity index (χ3v) is 4.41. The second kappa shape index (κ2) is 6.36. The lowest BCUT2D eigenvalue weighted by Crippen LogP contribution is -2.38. The number of para-hydroxylation sites is 1. The molecule has 1 aromatic carbocycles. The number of pyridine rings is 1. The van der Waals surface area contributed by atoms with Crippen molar-refractivity contribution in [3.63, 3.8) is 0 Å². The number of hydrogen-bond acceptors (Lipinski definition) is 3. The van der Waals surface area contributed by atoms with Crippen LogP contribution in [0.2, 0.25) is 0 Å². The normalized spacial score (nSPS) is 15.7. The molecular weight excluding hydrogens is 295 g/mol. The van der Waals surface area contributed by atoms with Crippen molar-refractivity contribution >= 4 is 5.91 Å². The number of carbonyl (C=O) groups is 1. The molecule has 120 valence electrons. The van der Waals surface area contributed by atoms with E-state index in [4.69, 9.17) is 0 Å². The van der Waals surface area contributed by atoms with Crippen molar-refractivity contribution in [2.24, 2.45) is 0 Å². The van der Waals surface area contributed by atoms with Gasteiger partial charge in [0.25, 0.3) is 5.91 Å². The number of rotatable bonds is 2. The third-order valence-electron chi connectivity index (χ3n) is 4.41. The third kappa shape index (κ3) is 3.18. The Morgan fingerprint density at radius 3 is 2.65 bits per heavy atom. The fraction of sp³-hybridized carbons (Fsp3) is 0.333. The van der Waals surface area contributed by atoms with Gasteiger partial charge in [0.05, 0.1) is 5.56 Å². The predicted molar refractivity (Wildman–Crippen MR) is 84.9 cm³/mol. The Bertz CT molecular complexity index is 707. The van der Waals surface area contributed by atoms with Gasteiger partial charge in [-0.05, 0) is 49.4 Å².